The Hall–Kier alpha value is -1.98. The number of hydrogen-bond acceptors (Lipinski definition) is 5. The highest BCUT2D eigenvalue weighted by atomic mass is 16.5. The molecule has 1 aromatic heterocycles. The summed E-state index contributed by atoms with van der Waals surface area (Å²) in [5.41, 5.74) is 2.39. The number of ether oxygens (including phenoxy) is 3. The molecular formula is C25H38N2O3. The van der Waals surface area contributed by atoms with Crippen molar-refractivity contribution in [2.24, 2.45) is 0 Å². The normalized spacial score (nSPS) is 11.0. The van der Waals surface area contributed by atoms with Crippen LogP contribution in [0.1, 0.15) is 64.4 Å². The van der Waals surface area contributed by atoms with Gasteiger partial charge in [-0.15, -0.1) is 0 Å². The van der Waals surface area contributed by atoms with E-state index in [4.69, 9.17) is 14.2 Å². The fourth-order valence-electron chi connectivity index (χ4n) is 3.06. The zero-order valence-electron chi connectivity index (χ0n) is 18.8. The second kappa shape index (κ2) is 15.8. The van der Waals surface area contributed by atoms with Gasteiger partial charge in [-0.05, 0) is 50.5 Å². The molecule has 0 radical (unpaired) electrons. The van der Waals surface area contributed by atoms with Crippen molar-refractivity contribution in [3.8, 4) is 17.1 Å². The SMILES string of the molecule is CCCOCCCCCc1ccc(-c2ncc(OCCCCOCCC)cn2)cc1. The van der Waals surface area contributed by atoms with E-state index < -0.39 is 0 Å². The van der Waals surface area contributed by atoms with E-state index in [9.17, 15) is 0 Å². The fourth-order valence-corrected chi connectivity index (χ4v) is 3.06. The Labute approximate surface area is 182 Å². The smallest absolute Gasteiger partial charge is 0.159 e. The van der Waals surface area contributed by atoms with Gasteiger partial charge in [0.1, 0.15) is 0 Å². The first kappa shape index (κ1) is 24.3. The van der Waals surface area contributed by atoms with Gasteiger partial charge in [-0.25, -0.2) is 9.97 Å². The quantitative estimate of drug-likeness (QED) is 0.303. The van der Waals surface area contributed by atoms with E-state index in [-0.39, 0.29) is 0 Å². The van der Waals surface area contributed by atoms with E-state index in [1.54, 1.807) is 12.4 Å². The van der Waals surface area contributed by atoms with Crippen molar-refractivity contribution >= 4 is 0 Å². The number of aromatic nitrogens is 2. The molecule has 2 rings (SSSR count). The first-order valence-corrected chi connectivity index (χ1v) is 11.5. The summed E-state index contributed by atoms with van der Waals surface area (Å²) in [6.07, 6.45) is 12.3. The van der Waals surface area contributed by atoms with Gasteiger partial charge >= 0.3 is 0 Å². The minimum absolute atomic E-state index is 0.664. The Morgan fingerprint density at radius 1 is 0.667 bits per heavy atom. The minimum Gasteiger partial charge on any atom is -0.490 e. The molecule has 0 aliphatic carbocycles. The number of aryl methyl sites for hydroxylation is 1. The van der Waals surface area contributed by atoms with Gasteiger partial charge in [0.05, 0.1) is 19.0 Å². The zero-order chi connectivity index (χ0) is 21.3. The molecule has 0 aliphatic rings. The van der Waals surface area contributed by atoms with E-state index in [1.807, 2.05) is 0 Å². The maximum atomic E-state index is 5.72. The Morgan fingerprint density at radius 2 is 1.27 bits per heavy atom. The molecule has 1 aromatic carbocycles. The van der Waals surface area contributed by atoms with Gasteiger partial charge in [-0.1, -0.05) is 44.5 Å². The van der Waals surface area contributed by atoms with Gasteiger partial charge in [-0.3, -0.25) is 0 Å². The van der Waals surface area contributed by atoms with Crippen LogP contribution in [0, 0.1) is 0 Å². The van der Waals surface area contributed by atoms with Crippen LogP contribution in [-0.2, 0) is 15.9 Å². The molecule has 2 aromatic rings. The first-order chi connectivity index (χ1) is 14.8. The van der Waals surface area contributed by atoms with E-state index in [0.717, 1.165) is 76.3 Å². The molecular weight excluding hydrogens is 376 g/mol. The van der Waals surface area contributed by atoms with Crippen LogP contribution in [0.2, 0.25) is 0 Å². The predicted octanol–water partition coefficient (Wildman–Crippen LogP) is 5.87. The Bertz CT molecular complexity index is 600. The summed E-state index contributed by atoms with van der Waals surface area (Å²) in [5, 5.41) is 0. The molecule has 166 valence electrons. The highest BCUT2D eigenvalue weighted by Gasteiger charge is 2.03. The van der Waals surface area contributed by atoms with Crippen molar-refractivity contribution in [3.05, 3.63) is 42.2 Å². The third kappa shape index (κ3) is 10.2. The topological polar surface area (TPSA) is 53.5 Å². The van der Waals surface area contributed by atoms with E-state index in [2.05, 4.69) is 48.1 Å². The lowest BCUT2D eigenvalue weighted by Crippen LogP contribution is -2.02. The van der Waals surface area contributed by atoms with Crippen LogP contribution in [-0.4, -0.2) is 43.0 Å². The fraction of sp³-hybridized carbons (Fsp3) is 0.600. The van der Waals surface area contributed by atoms with Crippen molar-refractivity contribution in [2.75, 3.05) is 33.0 Å². The Kier molecular flexibility index (Phi) is 12.8. The van der Waals surface area contributed by atoms with Crippen LogP contribution in [0.25, 0.3) is 11.4 Å². The van der Waals surface area contributed by atoms with E-state index in [1.165, 1.54) is 18.4 Å². The molecule has 5 heteroatoms. The maximum absolute atomic E-state index is 5.72. The second-order valence-corrected chi connectivity index (χ2v) is 7.53. The van der Waals surface area contributed by atoms with E-state index >= 15 is 0 Å². The molecule has 0 atom stereocenters. The zero-order valence-corrected chi connectivity index (χ0v) is 18.8. The molecule has 30 heavy (non-hydrogen) atoms. The van der Waals surface area contributed by atoms with Crippen molar-refractivity contribution in [3.63, 3.8) is 0 Å². The summed E-state index contributed by atoms with van der Waals surface area (Å²) < 4.78 is 16.7. The molecule has 0 bridgehead atoms. The summed E-state index contributed by atoms with van der Waals surface area (Å²) in [6.45, 7) is 8.33. The van der Waals surface area contributed by atoms with Gasteiger partial charge < -0.3 is 14.2 Å². The van der Waals surface area contributed by atoms with Crippen LogP contribution in [0.4, 0.5) is 0 Å². The van der Waals surface area contributed by atoms with Crippen LogP contribution >= 0.6 is 0 Å². The lowest BCUT2D eigenvalue weighted by Gasteiger charge is -2.07. The molecule has 0 N–H and O–H groups in total. The third-order valence-electron chi connectivity index (χ3n) is 4.74. The highest BCUT2D eigenvalue weighted by Crippen LogP contribution is 2.18. The Balaban J connectivity index is 1.65. The van der Waals surface area contributed by atoms with Crippen molar-refractivity contribution < 1.29 is 14.2 Å². The number of nitrogens with zero attached hydrogens (tertiary/aromatic N) is 2. The maximum Gasteiger partial charge on any atom is 0.159 e. The first-order valence-electron chi connectivity index (χ1n) is 11.5. The van der Waals surface area contributed by atoms with Gasteiger partial charge in [0, 0.05) is 32.0 Å². The standard InChI is InChI=1S/C25H38N2O3/c1-3-15-28-17-7-5-6-10-22-11-13-23(14-12-22)25-26-20-24(21-27-25)30-19-9-8-18-29-16-4-2/h11-14,20-21H,3-10,15-19H2,1-2H3. The van der Waals surface area contributed by atoms with Gasteiger partial charge in [0.2, 0.25) is 0 Å². The molecule has 0 unspecified atom stereocenters. The summed E-state index contributed by atoms with van der Waals surface area (Å²) in [5.74, 6) is 1.45. The number of hydrogen-bond donors (Lipinski definition) is 0. The minimum atomic E-state index is 0.664. The predicted molar refractivity (Wildman–Crippen MR) is 122 cm³/mol. The molecule has 0 fully saturated rings. The van der Waals surface area contributed by atoms with E-state index in [0.29, 0.717) is 12.4 Å². The molecule has 0 spiro atoms. The Morgan fingerprint density at radius 3 is 1.90 bits per heavy atom. The molecule has 0 amide bonds. The third-order valence-corrected chi connectivity index (χ3v) is 4.74. The summed E-state index contributed by atoms with van der Waals surface area (Å²) >= 11 is 0. The van der Waals surface area contributed by atoms with Crippen molar-refractivity contribution in [1.82, 2.24) is 9.97 Å². The van der Waals surface area contributed by atoms with Crippen LogP contribution in [0.3, 0.4) is 0 Å². The summed E-state index contributed by atoms with van der Waals surface area (Å²) in [7, 11) is 0. The highest BCUT2D eigenvalue weighted by molar-refractivity contribution is 5.55. The molecule has 0 aliphatic heterocycles. The summed E-state index contributed by atoms with van der Waals surface area (Å²) in [4.78, 5) is 8.91. The largest absolute Gasteiger partial charge is 0.490 e. The van der Waals surface area contributed by atoms with Gasteiger partial charge in [0.25, 0.3) is 0 Å². The number of unbranched alkanes of at least 4 members (excludes halogenated alkanes) is 3. The number of rotatable bonds is 17. The van der Waals surface area contributed by atoms with Crippen LogP contribution in [0.5, 0.6) is 5.75 Å². The molecule has 0 saturated carbocycles. The lowest BCUT2D eigenvalue weighted by atomic mass is 10.0. The van der Waals surface area contributed by atoms with Crippen LogP contribution < -0.4 is 4.74 Å². The molecule has 1 heterocycles. The lowest BCUT2D eigenvalue weighted by molar-refractivity contribution is 0.127. The summed E-state index contributed by atoms with van der Waals surface area (Å²) in [6, 6.07) is 8.56. The average Bonchev–Trinajstić information content (AvgIpc) is 2.79. The molecule has 0 saturated heterocycles. The van der Waals surface area contributed by atoms with Crippen LogP contribution in [0.15, 0.2) is 36.7 Å². The second-order valence-electron chi connectivity index (χ2n) is 7.53. The van der Waals surface area contributed by atoms with Crippen molar-refractivity contribution in [1.29, 1.82) is 0 Å². The van der Waals surface area contributed by atoms with Gasteiger partial charge in [0.15, 0.2) is 11.6 Å². The monoisotopic (exact) mass is 414 g/mol. The number of benzene rings is 1. The molecule has 5 nitrogen and oxygen atoms in total. The average molecular weight is 415 g/mol. The van der Waals surface area contributed by atoms with Crippen molar-refractivity contribution in [2.45, 2.75) is 65.2 Å². The van der Waals surface area contributed by atoms with Gasteiger partial charge in [-0.2, -0.15) is 0 Å².